The first-order valence-corrected chi connectivity index (χ1v) is 4.76. The SMILES string of the molecule is CCOC(=O)/C(=N\O)c1ccc(OC)cc1. The van der Waals surface area contributed by atoms with Gasteiger partial charge in [0.05, 0.1) is 13.7 Å². The maximum absolute atomic E-state index is 11.4. The molecule has 0 aliphatic carbocycles. The monoisotopic (exact) mass is 223 g/mol. The van der Waals surface area contributed by atoms with Gasteiger partial charge in [0.1, 0.15) is 5.75 Å². The first kappa shape index (κ1) is 12.0. The lowest BCUT2D eigenvalue weighted by molar-refractivity contribution is -0.135. The summed E-state index contributed by atoms with van der Waals surface area (Å²) in [6.07, 6.45) is 0. The molecule has 86 valence electrons. The molecule has 1 N–H and O–H groups in total. The van der Waals surface area contributed by atoms with Crippen molar-refractivity contribution in [3.8, 4) is 5.75 Å². The molecule has 0 aliphatic rings. The molecule has 0 aliphatic heterocycles. The molecule has 1 aromatic rings. The predicted octanol–water partition coefficient (Wildman–Crippen LogP) is 1.44. The maximum Gasteiger partial charge on any atom is 0.361 e. The zero-order valence-electron chi connectivity index (χ0n) is 9.14. The third-order valence-corrected chi connectivity index (χ3v) is 1.93. The van der Waals surface area contributed by atoms with Gasteiger partial charge in [0, 0.05) is 5.56 Å². The average Bonchev–Trinajstić information content (AvgIpc) is 2.31. The van der Waals surface area contributed by atoms with Crippen molar-refractivity contribution in [3.05, 3.63) is 29.8 Å². The van der Waals surface area contributed by atoms with E-state index >= 15 is 0 Å². The van der Waals surface area contributed by atoms with Gasteiger partial charge in [-0.15, -0.1) is 0 Å². The summed E-state index contributed by atoms with van der Waals surface area (Å²) in [5.41, 5.74) is 0.353. The van der Waals surface area contributed by atoms with Crippen molar-refractivity contribution in [1.29, 1.82) is 0 Å². The van der Waals surface area contributed by atoms with Crippen LogP contribution < -0.4 is 4.74 Å². The van der Waals surface area contributed by atoms with Gasteiger partial charge in [-0.1, -0.05) is 5.16 Å². The molecule has 0 amide bonds. The van der Waals surface area contributed by atoms with Crippen LogP contribution in [0.2, 0.25) is 0 Å². The van der Waals surface area contributed by atoms with Gasteiger partial charge in [0.2, 0.25) is 0 Å². The van der Waals surface area contributed by atoms with Crippen LogP contribution in [0.25, 0.3) is 0 Å². The van der Waals surface area contributed by atoms with Crippen LogP contribution in [0.4, 0.5) is 0 Å². The van der Waals surface area contributed by atoms with E-state index in [1.165, 1.54) is 0 Å². The Morgan fingerprint density at radius 3 is 2.44 bits per heavy atom. The molecule has 0 bridgehead atoms. The van der Waals surface area contributed by atoms with Crippen LogP contribution in [0.15, 0.2) is 29.4 Å². The van der Waals surface area contributed by atoms with Gasteiger partial charge in [0.25, 0.3) is 0 Å². The minimum atomic E-state index is -0.657. The highest BCUT2D eigenvalue weighted by atomic mass is 16.5. The van der Waals surface area contributed by atoms with Crippen LogP contribution in [-0.4, -0.2) is 30.6 Å². The van der Waals surface area contributed by atoms with Crippen molar-refractivity contribution in [2.45, 2.75) is 6.92 Å². The summed E-state index contributed by atoms with van der Waals surface area (Å²) in [6, 6.07) is 6.56. The molecule has 0 saturated carbocycles. The van der Waals surface area contributed by atoms with Gasteiger partial charge in [-0.3, -0.25) is 0 Å². The van der Waals surface area contributed by atoms with E-state index in [0.29, 0.717) is 11.3 Å². The van der Waals surface area contributed by atoms with Crippen molar-refractivity contribution in [2.24, 2.45) is 5.16 Å². The molecule has 0 fully saturated rings. The summed E-state index contributed by atoms with van der Waals surface area (Å²) >= 11 is 0. The Labute approximate surface area is 93.3 Å². The molecule has 5 nitrogen and oxygen atoms in total. The molecule has 1 aromatic carbocycles. The number of methoxy groups -OCH3 is 1. The van der Waals surface area contributed by atoms with Crippen molar-refractivity contribution in [1.82, 2.24) is 0 Å². The number of ether oxygens (including phenoxy) is 2. The van der Waals surface area contributed by atoms with Crippen LogP contribution >= 0.6 is 0 Å². The van der Waals surface area contributed by atoms with E-state index in [1.807, 2.05) is 0 Å². The first-order valence-electron chi connectivity index (χ1n) is 4.76. The fraction of sp³-hybridized carbons (Fsp3) is 0.273. The molecule has 0 unspecified atom stereocenters. The number of esters is 1. The maximum atomic E-state index is 11.4. The van der Waals surface area contributed by atoms with Gasteiger partial charge in [0.15, 0.2) is 5.71 Å². The van der Waals surface area contributed by atoms with Gasteiger partial charge in [-0.05, 0) is 31.2 Å². The van der Waals surface area contributed by atoms with E-state index in [4.69, 9.17) is 14.7 Å². The van der Waals surface area contributed by atoms with Crippen molar-refractivity contribution in [3.63, 3.8) is 0 Å². The Kier molecular flexibility index (Phi) is 4.32. The van der Waals surface area contributed by atoms with E-state index in [9.17, 15) is 4.79 Å². The van der Waals surface area contributed by atoms with Crippen LogP contribution in [0, 0.1) is 0 Å². The molecule has 1 rings (SSSR count). The summed E-state index contributed by atoms with van der Waals surface area (Å²) in [4.78, 5) is 11.4. The molecular formula is C11H13NO4. The van der Waals surface area contributed by atoms with Gasteiger partial charge < -0.3 is 14.7 Å². The standard InChI is InChI=1S/C11H13NO4/c1-3-16-11(13)10(12-14)8-4-6-9(15-2)7-5-8/h4-7,14H,3H2,1-2H3/b12-10-. The van der Waals surface area contributed by atoms with E-state index in [-0.39, 0.29) is 12.3 Å². The predicted molar refractivity (Wildman–Crippen MR) is 58.0 cm³/mol. The Hall–Kier alpha value is -2.04. The van der Waals surface area contributed by atoms with Crippen LogP contribution in [0.1, 0.15) is 12.5 Å². The molecule has 0 spiro atoms. The number of carbonyl (C=O) groups excluding carboxylic acids is 1. The first-order chi connectivity index (χ1) is 7.72. The number of carbonyl (C=O) groups is 1. The highest BCUT2D eigenvalue weighted by Gasteiger charge is 2.15. The molecule has 16 heavy (non-hydrogen) atoms. The molecule has 0 heterocycles. The number of hydrogen-bond donors (Lipinski definition) is 1. The van der Waals surface area contributed by atoms with Crippen LogP contribution in [0.3, 0.4) is 0 Å². The van der Waals surface area contributed by atoms with E-state index < -0.39 is 5.97 Å². The van der Waals surface area contributed by atoms with Crippen LogP contribution in [0.5, 0.6) is 5.75 Å². The lowest BCUT2D eigenvalue weighted by Gasteiger charge is -2.05. The van der Waals surface area contributed by atoms with Gasteiger partial charge in [-0.2, -0.15) is 0 Å². The zero-order valence-corrected chi connectivity index (χ0v) is 9.14. The minimum Gasteiger partial charge on any atom is -0.497 e. The second-order valence-electron chi connectivity index (χ2n) is 2.90. The number of hydrogen-bond acceptors (Lipinski definition) is 5. The van der Waals surface area contributed by atoms with E-state index in [0.717, 1.165) is 0 Å². The Balaban J connectivity index is 2.92. The van der Waals surface area contributed by atoms with Gasteiger partial charge >= 0.3 is 5.97 Å². The number of oxime groups is 1. The molecule has 0 atom stereocenters. The number of nitrogens with zero attached hydrogens (tertiary/aromatic N) is 1. The van der Waals surface area contributed by atoms with Crippen molar-refractivity contribution >= 4 is 11.7 Å². The summed E-state index contributed by atoms with van der Waals surface area (Å²) in [7, 11) is 1.54. The summed E-state index contributed by atoms with van der Waals surface area (Å²) < 4.78 is 9.72. The minimum absolute atomic E-state index is 0.121. The fourth-order valence-corrected chi connectivity index (χ4v) is 1.16. The molecular weight excluding hydrogens is 210 g/mol. The highest BCUT2D eigenvalue weighted by molar-refractivity contribution is 6.43. The molecule has 0 saturated heterocycles. The fourth-order valence-electron chi connectivity index (χ4n) is 1.16. The highest BCUT2D eigenvalue weighted by Crippen LogP contribution is 2.12. The van der Waals surface area contributed by atoms with Crippen molar-refractivity contribution in [2.75, 3.05) is 13.7 Å². The van der Waals surface area contributed by atoms with Gasteiger partial charge in [-0.25, -0.2) is 4.79 Å². The summed E-state index contributed by atoms with van der Waals surface area (Å²) in [5, 5.41) is 11.7. The second kappa shape index (κ2) is 5.75. The largest absolute Gasteiger partial charge is 0.497 e. The molecule has 0 radical (unpaired) electrons. The van der Waals surface area contributed by atoms with Crippen LogP contribution in [-0.2, 0) is 9.53 Å². The third kappa shape index (κ3) is 2.73. The van der Waals surface area contributed by atoms with E-state index in [1.54, 1.807) is 38.3 Å². The second-order valence-corrected chi connectivity index (χ2v) is 2.90. The lowest BCUT2D eigenvalue weighted by atomic mass is 10.1. The Morgan fingerprint density at radius 2 is 2.00 bits per heavy atom. The molecule has 0 aromatic heterocycles. The smallest absolute Gasteiger partial charge is 0.361 e. The number of rotatable bonds is 4. The topological polar surface area (TPSA) is 68.1 Å². The summed E-state index contributed by atoms with van der Waals surface area (Å²) in [5.74, 6) is 0.0000607. The average molecular weight is 223 g/mol. The normalized spacial score (nSPS) is 11.0. The summed E-state index contributed by atoms with van der Waals surface area (Å²) in [6.45, 7) is 1.91. The Morgan fingerprint density at radius 1 is 1.38 bits per heavy atom. The zero-order chi connectivity index (χ0) is 12.0. The Bertz CT molecular complexity index is 383. The third-order valence-electron chi connectivity index (χ3n) is 1.93. The van der Waals surface area contributed by atoms with E-state index in [2.05, 4.69) is 5.16 Å². The quantitative estimate of drug-likeness (QED) is 0.363. The number of benzene rings is 1. The lowest BCUT2D eigenvalue weighted by Crippen LogP contribution is -2.18. The molecule has 5 heteroatoms. The van der Waals surface area contributed by atoms with Crippen molar-refractivity contribution < 1.29 is 19.5 Å².